The summed E-state index contributed by atoms with van der Waals surface area (Å²) in [5, 5.41) is 3.37. The molecule has 2 atom stereocenters. The molecule has 1 saturated heterocycles. The van der Waals surface area contributed by atoms with Gasteiger partial charge in [-0.3, -0.25) is 4.98 Å². The Bertz CT molecular complexity index is 449. The number of hydrogen-bond donors (Lipinski definition) is 1. The van der Waals surface area contributed by atoms with Gasteiger partial charge in [-0.15, -0.1) is 0 Å². The van der Waals surface area contributed by atoms with E-state index in [4.69, 9.17) is 9.47 Å². The zero-order valence-electron chi connectivity index (χ0n) is 12.8. The fourth-order valence-electron chi connectivity index (χ4n) is 3.18. The van der Waals surface area contributed by atoms with Gasteiger partial charge in [0.2, 0.25) is 0 Å². The predicted molar refractivity (Wildman–Crippen MR) is 83.0 cm³/mol. The molecule has 3 rings (SSSR count). The second kappa shape index (κ2) is 7.09. The van der Waals surface area contributed by atoms with E-state index in [1.807, 2.05) is 12.4 Å². The molecule has 5 nitrogen and oxygen atoms in total. The number of ether oxygens (including phenoxy) is 2. The van der Waals surface area contributed by atoms with E-state index in [0.29, 0.717) is 6.10 Å². The summed E-state index contributed by atoms with van der Waals surface area (Å²) in [5.41, 5.74) is 1.16. The van der Waals surface area contributed by atoms with Crippen LogP contribution in [0.3, 0.4) is 0 Å². The minimum Gasteiger partial charge on any atom is -0.489 e. The Morgan fingerprint density at radius 3 is 2.81 bits per heavy atom. The van der Waals surface area contributed by atoms with Crippen LogP contribution in [-0.2, 0) is 4.74 Å². The van der Waals surface area contributed by atoms with Crippen molar-refractivity contribution in [3.05, 3.63) is 18.5 Å². The SMILES string of the molecule is COC1CCCC(Oc2cncc(N3CCNCC3)c2)C1. The average Bonchev–Trinajstić information content (AvgIpc) is 2.56. The molecule has 21 heavy (non-hydrogen) atoms. The summed E-state index contributed by atoms with van der Waals surface area (Å²) >= 11 is 0. The van der Waals surface area contributed by atoms with E-state index >= 15 is 0 Å². The fourth-order valence-corrected chi connectivity index (χ4v) is 3.18. The molecule has 2 aliphatic rings. The average molecular weight is 291 g/mol. The first-order chi connectivity index (χ1) is 10.3. The van der Waals surface area contributed by atoms with E-state index in [1.54, 1.807) is 7.11 Å². The number of pyridine rings is 1. The summed E-state index contributed by atoms with van der Waals surface area (Å²) < 4.78 is 11.6. The van der Waals surface area contributed by atoms with Crippen molar-refractivity contribution in [2.75, 3.05) is 38.2 Å². The van der Waals surface area contributed by atoms with Gasteiger partial charge in [0, 0.05) is 45.8 Å². The Balaban J connectivity index is 1.62. The Labute approximate surface area is 126 Å². The molecule has 1 aliphatic heterocycles. The maximum Gasteiger partial charge on any atom is 0.140 e. The maximum atomic E-state index is 6.13. The largest absolute Gasteiger partial charge is 0.489 e. The van der Waals surface area contributed by atoms with Crippen LogP contribution in [0.1, 0.15) is 25.7 Å². The smallest absolute Gasteiger partial charge is 0.140 e. The monoisotopic (exact) mass is 291 g/mol. The van der Waals surface area contributed by atoms with Gasteiger partial charge in [-0.05, 0) is 19.3 Å². The first kappa shape index (κ1) is 14.6. The molecule has 2 heterocycles. The van der Waals surface area contributed by atoms with Gasteiger partial charge in [0.05, 0.1) is 24.2 Å². The third-order valence-electron chi connectivity index (χ3n) is 4.39. The van der Waals surface area contributed by atoms with Crippen LogP contribution in [0.5, 0.6) is 5.75 Å². The molecule has 116 valence electrons. The summed E-state index contributed by atoms with van der Waals surface area (Å²) in [4.78, 5) is 6.70. The fraction of sp³-hybridized carbons (Fsp3) is 0.688. The number of anilines is 1. The highest BCUT2D eigenvalue weighted by Crippen LogP contribution is 2.27. The van der Waals surface area contributed by atoms with Gasteiger partial charge in [0.25, 0.3) is 0 Å². The highest BCUT2D eigenvalue weighted by Gasteiger charge is 2.23. The van der Waals surface area contributed by atoms with E-state index in [1.165, 1.54) is 6.42 Å². The molecule has 0 aromatic carbocycles. The maximum absolute atomic E-state index is 6.13. The number of nitrogens with one attached hydrogen (secondary N) is 1. The standard InChI is InChI=1S/C16H25N3O2/c1-20-14-3-2-4-15(10-14)21-16-9-13(11-18-12-16)19-7-5-17-6-8-19/h9,11-12,14-15,17H,2-8,10H2,1H3. The Kier molecular flexibility index (Phi) is 4.93. The lowest BCUT2D eigenvalue weighted by Crippen LogP contribution is -2.43. The normalized spacial score (nSPS) is 26.6. The quantitative estimate of drug-likeness (QED) is 0.917. The van der Waals surface area contributed by atoms with Crippen molar-refractivity contribution in [1.82, 2.24) is 10.3 Å². The van der Waals surface area contributed by atoms with E-state index < -0.39 is 0 Å². The molecular weight excluding hydrogens is 266 g/mol. The Morgan fingerprint density at radius 2 is 2.00 bits per heavy atom. The van der Waals surface area contributed by atoms with Gasteiger partial charge in [-0.2, -0.15) is 0 Å². The summed E-state index contributed by atoms with van der Waals surface area (Å²) in [7, 11) is 1.79. The molecule has 5 heteroatoms. The van der Waals surface area contributed by atoms with Crippen LogP contribution in [0, 0.1) is 0 Å². The van der Waals surface area contributed by atoms with Crippen molar-refractivity contribution in [3.63, 3.8) is 0 Å². The summed E-state index contributed by atoms with van der Waals surface area (Å²) in [6.45, 7) is 4.12. The molecule has 1 saturated carbocycles. The van der Waals surface area contributed by atoms with Crippen LogP contribution < -0.4 is 15.0 Å². The second-order valence-electron chi connectivity index (χ2n) is 5.88. The molecule has 0 bridgehead atoms. The van der Waals surface area contributed by atoms with Crippen molar-refractivity contribution < 1.29 is 9.47 Å². The summed E-state index contributed by atoms with van der Waals surface area (Å²) in [6, 6.07) is 2.12. The number of piperazine rings is 1. The molecule has 2 unspecified atom stereocenters. The van der Waals surface area contributed by atoms with Gasteiger partial charge < -0.3 is 19.7 Å². The topological polar surface area (TPSA) is 46.6 Å². The molecule has 0 spiro atoms. The van der Waals surface area contributed by atoms with Gasteiger partial charge in [0.15, 0.2) is 0 Å². The number of nitrogens with zero attached hydrogens (tertiary/aromatic N) is 2. The molecule has 1 aromatic rings. The van der Waals surface area contributed by atoms with Crippen molar-refractivity contribution >= 4 is 5.69 Å². The van der Waals surface area contributed by atoms with Gasteiger partial charge in [-0.1, -0.05) is 0 Å². The first-order valence-corrected chi connectivity index (χ1v) is 7.95. The van der Waals surface area contributed by atoms with Crippen LogP contribution in [0.2, 0.25) is 0 Å². The van der Waals surface area contributed by atoms with Crippen LogP contribution in [0.25, 0.3) is 0 Å². The minimum atomic E-state index is 0.253. The third-order valence-corrected chi connectivity index (χ3v) is 4.39. The molecule has 1 aliphatic carbocycles. The molecule has 1 N–H and O–H groups in total. The Morgan fingerprint density at radius 1 is 1.19 bits per heavy atom. The van der Waals surface area contributed by atoms with E-state index in [-0.39, 0.29) is 6.10 Å². The minimum absolute atomic E-state index is 0.253. The molecule has 2 fully saturated rings. The van der Waals surface area contributed by atoms with Crippen LogP contribution in [-0.4, -0.2) is 50.5 Å². The third kappa shape index (κ3) is 3.86. The van der Waals surface area contributed by atoms with Gasteiger partial charge in [-0.25, -0.2) is 0 Å². The molecule has 0 amide bonds. The van der Waals surface area contributed by atoms with E-state index in [0.717, 1.165) is 56.9 Å². The predicted octanol–water partition coefficient (Wildman–Crippen LogP) is 1.83. The lowest BCUT2D eigenvalue weighted by molar-refractivity contribution is 0.0209. The van der Waals surface area contributed by atoms with Crippen molar-refractivity contribution in [2.24, 2.45) is 0 Å². The van der Waals surface area contributed by atoms with Crippen molar-refractivity contribution in [1.29, 1.82) is 0 Å². The molecule has 0 radical (unpaired) electrons. The number of aromatic nitrogens is 1. The number of hydrogen-bond acceptors (Lipinski definition) is 5. The lowest BCUT2D eigenvalue weighted by atomic mass is 9.95. The number of methoxy groups -OCH3 is 1. The lowest BCUT2D eigenvalue weighted by Gasteiger charge is -2.30. The van der Waals surface area contributed by atoms with E-state index in [9.17, 15) is 0 Å². The van der Waals surface area contributed by atoms with Crippen molar-refractivity contribution in [2.45, 2.75) is 37.9 Å². The Hall–Kier alpha value is -1.33. The van der Waals surface area contributed by atoms with Gasteiger partial charge >= 0.3 is 0 Å². The zero-order chi connectivity index (χ0) is 14.5. The summed E-state index contributed by atoms with van der Waals surface area (Å²) in [6.07, 6.45) is 8.76. The summed E-state index contributed by atoms with van der Waals surface area (Å²) in [5.74, 6) is 0.882. The highest BCUT2D eigenvalue weighted by molar-refractivity contribution is 5.48. The molecule has 1 aromatic heterocycles. The highest BCUT2D eigenvalue weighted by atomic mass is 16.5. The van der Waals surface area contributed by atoms with Crippen LogP contribution in [0.15, 0.2) is 18.5 Å². The number of rotatable bonds is 4. The van der Waals surface area contributed by atoms with Crippen molar-refractivity contribution in [3.8, 4) is 5.75 Å². The first-order valence-electron chi connectivity index (χ1n) is 7.95. The second-order valence-corrected chi connectivity index (χ2v) is 5.88. The van der Waals surface area contributed by atoms with E-state index in [2.05, 4.69) is 21.3 Å². The molecular formula is C16H25N3O2. The van der Waals surface area contributed by atoms with Crippen LogP contribution in [0.4, 0.5) is 5.69 Å². The van der Waals surface area contributed by atoms with Gasteiger partial charge in [0.1, 0.15) is 11.9 Å². The van der Waals surface area contributed by atoms with Crippen LogP contribution >= 0.6 is 0 Å². The zero-order valence-corrected chi connectivity index (χ0v) is 12.8.